The Morgan fingerprint density at radius 2 is 1.97 bits per heavy atom. The first-order valence-corrected chi connectivity index (χ1v) is 11.1. The van der Waals surface area contributed by atoms with Crippen LogP contribution >= 0.6 is 11.8 Å². The van der Waals surface area contributed by atoms with Crippen molar-refractivity contribution in [3.8, 4) is 0 Å². The Bertz CT molecular complexity index is 1130. The van der Waals surface area contributed by atoms with Crippen LogP contribution in [0, 0.1) is 0 Å². The van der Waals surface area contributed by atoms with Gasteiger partial charge in [0.1, 0.15) is 0 Å². The number of carbonyl (C=O) groups excluding carboxylic acids is 1. The smallest absolute Gasteiger partial charge is 0.262 e. The van der Waals surface area contributed by atoms with Crippen molar-refractivity contribution < 1.29 is 9.53 Å². The number of carbonyl (C=O) groups is 1. The molecule has 0 saturated heterocycles. The summed E-state index contributed by atoms with van der Waals surface area (Å²) in [6.45, 7) is 3.13. The van der Waals surface area contributed by atoms with Gasteiger partial charge in [0, 0.05) is 32.0 Å². The number of aromatic nitrogens is 2. The van der Waals surface area contributed by atoms with Crippen LogP contribution in [0.4, 0.5) is 5.69 Å². The summed E-state index contributed by atoms with van der Waals surface area (Å²) >= 11 is 1.33. The fourth-order valence-corrected chi connectivity index (χ4v) is 4.85. The second-order valence-corrected chi connectivity index (χ2v) is 8.39. The molecule has 0 saturated carbocycles. The van der Waals surface area contributed by atoms with Gasteiger partial charge < -0.3 is 9.64 Å². The Labute approximate surface area is 179 Å². The van der Waals surface area contributed by atoms with Crippen molar-refractivity contribution in [2.24, 2.45) is 0 Å². The zero-order valence-electron chi connectivity index (χ0n) is 17.2. The molecule has 3 aromatic rings. The number of nitrogens with zero attached hydrogens (tertiary/aromatic N) is 3. The Morgan fingerprint density at radius 1 is 1.20 bits per heavy atom. The summed E-state index contributed by atoms with van der Waals surface area (Å²) < 4.78 is 6.81. The van der Waals surface area contributed by atoms with Crippen molar-refractivity contribution >= 4 is 34.3 Å². The van der Waals surface area contributed by atoms with E-state index in [0.29, 0.717) is 35.6 Å². The molecule has 1 aromatic heterocycles. The van der Waals surface area contributed by atoms with Crippen LogP contribution in [-0.4, -0.2) is 41.0 Å². The lowest BCUT2D eigenvalue weighted by atomic mass is 10.1. The van der Waals surface area contributed by atoms with Crippen molar-refractivity contribution in [1.29, 1.82) is 0 Å². The molecule has 1 aliphatic heterocycles. The fourth-order valence-electron chi connectivity index (χ4n) is 3.96. The highest BCUT2D eigenvalue weighted by atomic mass is 32.2. The van der Waals surface area contributed by atoms with E-state index >= 15 is 0 Å². The molecule has 2 heterocycles. The van der Waals surface area contributed by atoms with E-state index in [1.807, 2.05) is 41.3 Å². The minimum atomic E-state index is -0.0773. The first kappa shape index (κ1) is 20.6. The van der Waals surface area contributed by atoms with Gasteiger partial charge in [0.05, 0.1) is 16.7 Å². The number of para-hydroxylation sites is 2. The molecule has 0 aliphatic carbocycles. The van der Waals surface area contributed by atoms with Crippen LogP contribution in [0.25, 0.3) is 10.9 Å². The predicted octanol–water partition coefficient (Wildman–Crippen LogP) is 3.50. The van der Waals surface area contributed by atoms with Crippen LogP contribution in [0.3, 0.4) is 0 Å². The highest BCUT2D eigenvalue weighted by Gasteiger charge is 2.30. The monoisotopic (exact) mass is 423 g/mol. The first-order valence-electron chi connectivity index (χ1n) is 10.1. The molecule has 0 bridgehead atoms. The molecule has 7 heteroatoms. The number of amides is 1. The van der Waals surface area contributed by atoms with Gasteiger partial charge in [-0.1, -0.05) is 42.1 Å². The summed E-state index contributed by atoms with van der Waals surface area (Å²) in [6, 6.07) is 15.5. The van der Waals surface area contributed by atoms with E-state index in [1.165, 1.54) is 17.3 Å². The Morgan fingerprint density at radius 3 is 2.80 bits per heavy atom. The molecular weight excluding hydrogens is 398 g/mol. The molecule has 30 heavy (non-hydrogen) atoms. The summed E-state index contributed by atoms with van der Waals surface area (Å²) in [4.78, 5) is 32.7. The number of ether oxygens (including phenoxy) is 1. The molecule has 1 aliphatic rings. The standard InChI is InChI=1S/C23H25N3O3S/c1-16-14-17-8-3-6-11-20(17)26(16)21(27)15-30-23-24-19-10-5-4-9-18(19)22(28)25(23)12-7-13-29-2/h3-6,8-11,16H,7,12-15H2,1-2H3. The predicted molar refractivity (Wildman–Crippen MR) is 120 cm³/mol. The topological polar surface area (TPSA) is 64.4 Å². The van der Waals surface area contributed by atoms with Crippen molar-refractivity contribution in [3.05, 3.63) is 64.4 Å². The molecule has 2 aromatic carbocycles. The highest BCUT2D eigenvalue weighted by Crippen LogP contribution is 2.32. The van der Waals surface area contributed by atoms with Gasteiger partial charge in [-0.3, -0.25) is 14.2 Å². The summed E-state index contributed by atoms with van der Waals surface area (Å²) in [5.74, 6) is 0.261. The zero-order chi connectivity index (χ0) is 21.1. The Hall–Kier alpha value is -2.64. The number of hydrogen-bond acceptors (Lipinski definition) is 5. The van der Waals surface area contributed by atoms with Gasteiger partial charge in [0.15, 0.2) is 5.16 Å². The van der Waals surface area contributed by atoms with Gasteiger partial charge in [0.2, 0.25) is 5.91 Å². The molecule has 1 amide bonds. The maximum Gasteiger partial charge on any atom is 0.262 e. The van der Waals surface area contributed by atoms with Crippen LogP contribution in [0.15, 0.2) is 58.5 Å². The fraction of sp³-hybridized carbons (Fsp3) is 0.348. The second kappa shape index (κ2) is 9.02. The largest absolute Gasteiger partial charge is 0.385 e. The quantitative estimate of drug-likeness (QED) is 0.331. The van der Waals surface area contributed by atoms with Gasteiger partial charge in [0.25, 0.3) is 5.56 Å². The normalized spacial score (nSPS) is 15.5. The molecule has 6 nitrogen and oxygen atoms in total. The Balaban J connectivity index is 1.59. The molecule has 156 valence electrons. The summed E-state index contributed by atoms with van der Waals surface area (Å²) in [5.41, 5.74) is 2.76. The third-order valence-electron chi connectivity index (χ3n) is 5.36. The van der Waals surface area contributed by atoms with Crippen molar-refractivity contribution in [2.45, 2.75) is 37.5 Å². The third-order valence-corrected chi connectivity index (χ3v) is 6.32. The van der Waals surface area contributed by atoms with Crippen molar-refractivity contribution in [1.82, 2.24) is 9.55 Å². The van der Waals surface area contributed by atoms with Gasteiger partial charge in [-0.25, -0.2) is 4.98 Å². The van der Waals surface area contributed by atoms with Crippen molar-refractivity contribution in [2.75, 3.05) is 24.4 Å². The number of benzene rings is 2. The minimum Gasteiger partial charge on any atom is -0.385 e. The summed E-state index contributed by atoms with van der Waals surface area (Å²) in [6.07, 6.45) is 1.57. The lowest BCUT2D eigenvalue weighted by Crippen LogP contribution is -2.37. The molecule has 1 unspecified atom stereocenters. The highest BCUT2D eigenvalue weighted by molar-refractivity contribution is 7.99. The van der Waals surface area contributed by atoms with E-state index in [9.17, 15) is 9.59 Å². The summed E-state index contributed by atoms with van der Waals surface area (Å²) in [7, 11) is 1.64. The number of thioether (sulfide) groups is 1. The Kier molecular flexibility index (Phi) is 6.20. The van der Waals surface area contributed by atoms with Gasteiger partial charge in [-0.05, 0) is 43.5 Å². The lowest BCUT2D eigenvalue weighted by molar-refractivity contribution is -0.116. The minimum absolute atomic E-state index is 0.0308. The van der Waals surface area contributed by atoms with Crippen LogP contribution in [0.1, 0.15) is 18.9 Å². The van der Waals surface area contributed by atoms with Gasteiger partial charge in [-0.15, -0.1) is 0 Å². The lowest BCUT2D eigenvalue weighted by Gasteiger charge is -2.22. The average molecular weight is 424 g/mol. The molecule has 0 fully saturated rings. The maximum absolute atomic E-state index is 13.1. The van der Waals surface area contributed by atoms with E-state index in [-0.39, 0.29) is 23.3 Å². The second-order valence-electron chi connectivity index (χ2n) is 7.45. The average Bonchev–Trinajstić information content (AvgIpc) is 3.09. The molecule has 0 N–H and O–H groups in total. The van der Waals surface area contributed by atoms with Crippen LogP contribution in [0.2, 0.25) is 0 Å². The van der Waals surface area contributed by atoms with Gasteiger partial charge in [-0.2, -0.15) is 0 Å². The zero-order valence-corrected chi connectivity index (χ0v) is 18.0. The van der Waals surface area contributed by atoms with E-state index in [1.54, 1.807) is 17.7 Å². The van der Waals surface area contributed by atoms with E-state index < -0.39 is 0 Å². The van der Waals surface area contributed by atoms with Crippen LogP contribution < -0.4 is 10.5 Å². The molecular formula is C23H25N3O3S. The number of anilines is 1. The number of hydrogen-bond donors (Lipinski definition) is 0. The first-order chi connectivity index (χ1) is 14.6. The van der Waals surface area contributed by atoms with Crippen molar-refractivity contribution in [3.63, 3.8) is 0 Å². The van der Waals surface area contributed by atoms with Crippen LogP contribution in [-0.2, 0) is 22.5 Å². The number of rotatable bonds is 7. The molecule has 0 radical (unpaired) electrons. The third kappa shape index (κ3) is 4.00. The van der Waals surface area contributed by atoms with Gasteiger partial charge >= 0.3 is 0 Å². The molecule has 1 atom stereocenters. The molecule has 4 rings (SSSR count). The maximum atomic E-state index is 13.1. The van der Waals surface area contributed by atoms with E-state index in [0.717, 1.165) is 12.1 Å². The van der Waals surface area contributed by atoms with E-state index in [2.05, 4.69) is 13.0 Å². The van der Waals surface area contributed by atoms with Crippen LogP contribution in [0.5, 0.6) is 0 Å². The molecule has 0 spiro atoms. The summed E-state index contributed by atoms with van der Waals surface area (Å²) in [5, 5.41) is 1.16. The SMILES string of the molecule is COCCCn1c(SCC(=O)N2c3ccccc3CC2C)nc2ccccc2c1=O. The number of methoxy groups -OCH3 is 1. The van der Waals surface area contributed by atoms with E-state index in [4.69, 9.17) is 9.72 Å². The number of fused-ring (bicyclic) bond motifs is 2.